The Labute approximate surface area is 157 Å². The summed E-state index contributed by atoms with van der Waals surface area (Å²) in [6.45, 7) is 3.54. The number of carbonyl (C=O) groups is 2. The van der Waals surface area contributed by atoms with E-state index in [0.29, 0.717) is 17.0 Å². The van der Waals surface area contributed by atoms with Gasteiger partial charge < -0.3 is 10.1 Å². The summed E-state index contributed by atoms with van der Waals surface area (Å²) in [6, 6.07) is 16.7. The number of ether oxygens (including phenoxy) is 1. The Morgan fingerprint density at radius 2 is 1.96 bits per heavy atom. The third-order valence-electron chi connectivity index (χ3n) is 3.55. The molecule has 0 saturated carbocycles. The highest BCUT2D eigenvalue weighted by Gasteiger charge is 2.18. The smallest absolute Gasteiger partial charge is 0.316 e. The number of aryl methyl sites for hydroxylation is 1. The number of hydrogen-bond donors (Lipinski definition) is 1. The first-order valence-corrected chi connectivity index (χ1v) is 9.27. The van der Waals surface area contributed by atoms with Crippen molar-refractivity contribution in [1.29, 1.82) is 5.26 Å². The maximum absolute atomic E-state index is 12.1. The van der Waals surface area contributed by atoms with E-state index in [1.54, 1.807) is 24.3 Å². The Bertz CT molecular complexity index is 813. The highest BCUT2D eigenvalue weighted by molar-refractivity contribution is 7.99. The molecule has 0 aliphatic rings. The summed E-state index contributed by atoms with van der Waals surface area (Å²) in [7, 11) is 0. The molecule has 5 nitrogen and oxygen atoms in total. The number of hydrogen-bond acceptors (Lipinski definition) is 5. The lowest BCUT2D eigenvalue weighted by atomic mass is 10.2. The molecule has 0 aromatic heterocycles. The second kappa shape index (κ2) is 9.64. The Morgan fingerprint density at radius 1 is 1.23 bits per heavy atom. The van der Waals surface area contributed by atoms with Gasteiger partial charge in [0, 0.05) is 11.4 Å². The molecule has 1 atom stereocenters. The van der Waals surface area contributed by atoms with Crippen LogP contribution in [0.3, 0.4) is 0 Å². The Hall–Kier alpha value is -2.78. The minimum absolute atomic E-state index is 0.176. The number of rotatable bonds is 7. The first-order valence-electron chi connectivity index (χ1n) is 8.11. The number of thioether (sulfide) groups is 1. The first-order chi connectivity index (χ1) is 12.5. The van der Waals surface area contributed by atoms with Gasteiger partial charge in [-0.3, -0.25) is 9.59 Å². The molecule has 2 aromatic rings. The van der Waals surface area contributed by atoms with E-state index >= 15 is 0 Å². The molecule has 2 aromatic carbocycles. The zero-order chi connectivity index (χ0) is 18.9. The van der Waals surface area contributed by atoms with E-state index in [4.69, 9.17) is 10.00 Å². The van der Waals surface area contributed by atoms with Crippen LogP contribution in [-0.2, 0) is 20.1 Å². The fraction of sp³-hybridized carbons (Fsp3) is 0.250. The van der Waals surface area contributed by atoms with Crippen LogP contribution in [0, 0.1) is 18.3 Å². The summed E-state index contributed by atoms with van der Waals surface area (Å²) < 4.78 is 5.16. The lowest BCUT2D eigenvalue weighted by Crippen LogP contribution is -2.30. The number of anilines is 1. The standard InChI is InChI=1S/C20H20N2O3S/c1-14-6-8-16(9-7-14)12-26-13-19(23)25-15(2)20(24)22-18-5-3-4-17(10-18)11-21/h3-10,15H,12-13H2,1-2H3,(H,22,24)/t15-/m1/s1. The van der Waals surface area contributed by atoms with Crippen molar-refractivity contribution < 1.29 is 14.3 Å². The summed E-state index contributed by atoms with van der Waals surface area (Å²) in [6.07, 6.45) is -0.909. The molecule has 26 heavy (non-hydrogen) atoms. The summed E-state index contributed by atoms with van der Waals surface area (Å²) in [4.78, 5) is 24.0. The van der Waals surface area contributed by atoms with Gasteiger partial charge in [0.25, 0.3) is 5.91 Å². The number of nitrogens with zero attached hydrogens (tertiary/aromatic N) is 1. The maximum atomic E-state index is 12.1. The zero-order valence-electron chi connectivity index (χ0n) is 14.7. The third kappa shape index (κ3) is 6.26. The second-order valence-corrected chi connectivity index (χ2v) is 6.78. The molecule has 0 bridgehead atoms. The quantitative estimate of drug-likeness (QED) is 0.754. The second-order valence-electron chi connectivity index (χ2n) is 5.79. The number of carbonyl (C=O) groups excluding carboxylic acids is 2. The van der Waals surface area contributed by atoms with Crippen LogP contribution >= 0.6 is 11.8 Å². The van der Waals surface area contributed by atoms with Gasteiger partial charge in [0.1, 0.15) is 0 Å². The predicted molar refractivity (Wildman–Crippen MR) is 103 cm³/mol. The van der Waals surface area contributed by atoms with Crippen LogP contribution in [0.4, 0.5) is 5.69 Å². The highest BCUT2D eigenvalue weighted by Crippen LogP contribution is 2.14. The minimum atomic E-state index is -0.909. The van der Waals surface area contributed by atoms with Crippen LogP contribution in [0.15, 0.2) is 48.5 Å². The van der Waals surface area contributed by atoms with Crippen molar-refractivity contribution >= 4 is 29.3 Å². The number of amides is 1. The fourth-order valence-electron chi connectivity index (χ4n) is 2.13. The SMILES string of the molecule is Cc1ccc(CSCC(=O)O[C@H](C)C(=O)Nc2cccc(C#N)c2)cc1. The molecule has 134 valence electrons. The molecule has 0 heterocycles. The van der Waals surface area contributed by atoms with Gasteiger partial charge >= 0.3 is 5.97 Å². The maximum Gasteiger partial charge on any atom is 0.316 e. The molecule has 0 radical (unpaired) electrons. The molecular weight excluding hydrogens is 348 g/mol. The van der Waals surface area contributed by atoms with E-state index in [0.717, 1.165) is 5.56 Å². The molecule has 1 N–H and O–H groups in total. The van der Waals surface area contributed by atoms with Gasteiger partial charge in [-0.25, -0.2) is 0 Å². The molecule has 1 amide bonds. The summed E-state index contributed by atoms with van der Waals surface area (Å²) in [5, 5.41) is 11.5. The van der Waals surface area contributed by atoms with E-state index in [1.807, 2.05) is 37.3 Å². The zero-order valence-corrected chi connectivity index (χ0v) is 15.5. The van der Waals surface area contributed by atoms with Gasteiger partial charge in [-0.15, -0.1) is 11.8 Å². The van der Waals surface area contributed by atoms with E-state index in [-0.39, 0.29) is 5.75 Å². The normalized spacial score (nSPS) is 11.3. The van der Waals surface area contributed by atoms with E-state index in [1.165, 1.54) is 24.2 Å². The molecule has 0 fully saturated rings. The van der Waals surface area contributed by atoms with Crippen molar-refractivity contribution in [2.24, 2.45) is 0 Å². The van der Waals surface area contributed by atoms with Crippen LogP contribution in [0.25, 0.3) is 0 Å². The van der Waals surface area contributed by atoms with Crippen molar-refractivity contribution in [3.63, 3.8) is 0 Å². The van der Waals surface area contributed by atoms with Crippen LogP contribution in [0.5, 0.6) is 0 Å². The van der Waals surface area contributed by atoms with Crippen molar-refractivity contribution in [2.75, 3.05) is 11.1 Å². The molecule has 0 saturated heterocycles. The molecular formula is C20H20N2O3S. The number of esters is 1. The van der Waals surface area contributed by atoms with E-state index in [9.17, 15) is 9.59 Å². The Kier molecular flexibility index (Phi) is 7.24. The fourth-order valence-corrected chi connectivity index (χ4v) is 2.90. The van der Waals surface area contributed by atoms with Gasteiger partial charge in [0.2, 0.25) is 0 Å². The average Bonchev–Trinajstić information content (AvgIpc) is 2.63. The number of benzene rings is 2. The summed E-state index contributed by atoms with van der Waals surface area (Å²) in [5.74, 6) is 0.0132. The first kappa shape index (κ1) is 19.5. The Morgan fingerprint density at radius 3 is 2.65 bits per heavy atom. The summed E-state index contributed by atoms with van der Waals surface area (Å²) >= 11 is 1.44. The van der Waals surface area contributed by atoms with Crippen LogP contribution in [0.1, 0.15) is 23.6 Å². The van der Waals surface area contributed by atoms with Crippen molar-refractivity contribution in [1.82, 2.24) is 0 Å². The largest absolute Gasteiger partial charge is 0.452 e. The topological polar surface area (TPSA) is 79.2 Å². The van der Waals surface area contributed by atoms with Crippen molar-refractivity contribution in [3.8, 4) is 6.07 Å². The van der Waals surface area contributed by atoms with Crippen LogP contribution < -0.4 is 5.32 Å². The molecule has 2 rings (SSSR count). The Balaban J connectivity index is 1.75. The highest BCUT2D eigenvalue weighted by atomic mass is 32.2. The molecule has 0 aliphatic heterocycles. The van der Waals surface area contributed by atoms with Crippen molar-refractivity contribution in [2.45, 2.75) is 25.7 Å². The molecule has 6 heteroatoms. The van der Waals surface area contributed by atoms with E-state index < -0.39 is 18.0 Å². The molecule has 0 aliphatic carbocycles. The average molecular weight is 368 g/mol. The third-order valence-corrected chi connectivity index (χ3v) is 4.52. The van der Waals surface area contributed by atoms with Crippen LogP contribution in [-0.4, -0.2) is 23.7 Å². The van der Waals surface area contributed by atoms with Gasteiger partial charge in [-0.2, -0.15) is 5.26 Å². The summed E-state index contributed by atoms with van der Waals surface area (Å²) in [5.41, 5.74) is 3.26. The van der Waals surface area contributed by atoms with Gasteiger partial charge in [0.05, 0.1) is 17.4 Å². The van der Waals surface area contributed by atoms with Gasteiger partial charge in [0.15, 0.2) is 6.10 Å². The monoisotopic (exact) mass is 368 g/mol. The van der Waals surface area contributed by atoms with Gasteiger partial charge in [-0.1, -0.05) is 35.9 Å². The minimum Gasteiger partial charge on any atom is -0.452 e. The van der Waals surface area contributed by atoms with E-state index in [2.05, 4.69) is 5.32 Å². The number of nitriles is 1. The van der Waals surface area contributed by atoms with Crippen molar-refractivity contribution in [3.05, 3.63) is 65.2 Å². The van der Waals surface area contributed by atoms with Gasteiger partial charge in [-0.05, 0) is 37.6 Å². The lowest BCUT2D eigenvalue weighted by Gasteiger charge is -2.13. The number of nitrogens with one attached hydrogen (secondary N) is 1. The predicted octanol–water partition coefficient (Wildman–Crippen LogP) is 3.67. The molecule has 0 unspecified atom stereocenters. The lowest BCUT2D eigenvalue weighted by molar-refractivity contribution is -0.150. The van der Waals surface area contributed by atoms with Crippen LogP contribution in [0.2, 0.25) is 0 Å². The molecule has 0 spiro atoms.